The van der Waals surface area contributed by atoms with E-state index >= 15 is 0 Å². The smallest absolute Gasteiger partial charge is 0.322 e. The number of carbonyl (C=O) groups excluding carboxylic acids is 1. The number of carbonyl (C=O) groups is 1. The lowest BCUT2D eigenvalue weighted by molar-refractivity contribution is 0.207. The minimum atomic E-state index is -0.0300. The van der Waals surface area contributed by atoms with Crippen molar-refractivity contribution in [3.05, 3.63) is 59.7 Å². The molecule has 1 saturated heterocycles. The highest BCUT2D eigenvalue weighted by molar-refractivity contribution is 5.89. The Hall–Kier alpha value is -2.49. The zero-order valence-corrected chi connectivity index (χ0v) is 14.3. The summed E-state index contributed by atoms with van der Waals surface area (Å²) in [5.74, 6) is 0.837. The topological polar surface area (TPSA) is 41.6 Å². The first kappa shape index (κ1) is 16.4. The number of anilines is 1. The van der Waals surface area contributed by atoms with Crippen molar-refractivity contribution < 1.29 is 9.53 Å². The Morgan fingerprint density at radius 1 is 1.17 bits per heavy atom. The third-order valence-electron chi connectivity index (χ3n) is 4.63. The van der Waals surface area contributed by atoms with Gasteiger partial charge in [-0.2, -0.15) is 0 Å². The Bertz CT molecular complexity index is 680. The van der Waals surface area contributed by atoms with E-state index in [1.165, 1.54) is 5.56 Å². The lowest BCUT2D eigenvalue weighted by atomic mass is 10.0. The molecule has 24 heavy (non-hydrogen) atoms. The first-order valence-corrected chi connectivity index (χ1v) is 8.51. The predicted octanol–water partition coefficient (Wildman–Crippen LogP) is 4.63. The molecule has 3 rings (SSSR count). The Kier molecular flexibility index (Phi) is 5.04. The van der Waals surface area contributed by atoms with E-state index in [-0.39, 0.29) is 12.1 Å². The summed E-state index contributed by atoms with van der Waals surface area (Å²) in [5.41, 5.74) is 3.27. The zero-order valence-electron chi connectivity index (χ0n) is 14.3. The number of likely N-dealkylation sites (tertiary alicyclic amines) is 1. The van der Waals surface area contributed by atoms with Gasteiger partial charge in [0.25, 0.3) is 0 Å². The van der Waals surface area contributed by atoms with E-state index in [4.69, 9.17) is 4.74 Å². The van der Waals surface area contributed by atoms with Crippen LogP contribution in [0.25, 0.3) is 0 Å². The maximum atomic E-state index is 12.7. The third-order valence-corrected chi connectivity index (χ3v) is 4.63. The number of nitrogens with one attached hydrogen (secondary N) is 1. The van der Waals surface area contributed by atoms with Crippen molar-refractivity contribution >= 4 is 11.7 Å². The average Bonchev–Trinajstić information content (AvgIpc) is 3.12. The van der Waals surface area contributed by atoms with Gasteiger partial charge >= 0.3 is 6.03 Å². The van der Waals surface area contributed by atoms with Crippen LogP contribution in [0.4, 0.5) is 10.5 Å². The van der Waals surface area contributed by atoms with Crippen LogP contribution in [-0.2, 0) is 6.42 Å². The van der Waals surface area contributed by atoms with Crippen LogP contribution >= 0.6 is 0 Å². The fourth-order valence-electron chi connectivity index (χ4n) is 3.20. The van der Waals surface area contributed by atoms with Crippen LogP contribution < -0.4 is 10.1 Å². The molecule has 1 aliphatic heterocycles. The van der Waals surface area contributed by atoms with Gasteiger partial charge in [0.05, 0.1) is 13.2 Å². The fourth-order valence-corrected chi connectivity index (χ4v) is 3.20. The lowest BCUT2D eigenvalue weighted by Crippen LogP contribution is -2.34. The van der Waals surface area contributed by atoms with Crippen molar-refractivity contribution in [3.63, 3.8) is 0 Å². The summed E-state index contributed by atoms with van der Waals surface area (Å²) in [6.07, 6.45) is 3.02. The minimum absolute atomic E-state index is 0.0300. The molecule has 1 atom stereocenters. The summed E-state index contributed by atoms with van der Waals surface area (Å²) in [6, 6.07) is 16.1. The van der Waals surface area contributed by atoms with Gasteiger partial charge in [-0.3, -0.25) is 0 Å². The molecule has 0 bridgehead atoms. The van der Waals surface area contributed by atoms with Crippen molar-refractivity contribution in [2.24, 2.45) is 0 Å². The quantitative estimate of drug-likeness (QED) is 0.891. The highest BCUT2D eigenvalue weighted by Crippen LogP contribution is 2.33. The number of nitrogens with zero attached hydrogens (tertiary/aromatic N) is 1. The highest BCUT2D eigenvalue weighted by Gasteiger charge is 2.29. The van der Waals surface area contributed by atoms with Gasteiger partial charge in [0.15, 0.2) is 0 Å². The second kappa shape index (κ2) is 7.39. The Morgan fingerprint density at radius 2 is 1.88 bits per heavy atom. The number of hydrogen-bond acceptors (Lipinski definition) is 2. The van der Waals surface area contributed by atoms with E-state index < -0.39 is 0 Å². The molecule has 2 aromatic rings. The Labute approximate surface area is 143 Å². The largest absolute Gasteiger partial charge is 0.497 e. The van der Waals surface area contributed by atoms with Crippen molar-refractivity contribution in [1.82, 2.24) is 4.90 Å². The molecule has 1 heterocycles. The lowest BCUT2D eigenvalue weighted by Gasteiger charge is -2.25. The molecule has 1 unspecified atom stereocenters. The Balaban J connectivity index is 1.70. The number of methoxy groups -OCH3 is 1. The minimum Gasteiger partial charge on any atom is -0.497 e. The number of benzene rings is 2. The van der Waals surface area contributed by atoms with E-state index in [1.54, 1.807) is 7.11 Å². The average molecular weight is 324 g/mol. The van der Waals surface area contributed by atoms with Crippen LogP contribution in [0, 0.1) is 0 Å². The number of amides is 2. The number of ether oxygens (including phenoxy) is 1. The van der Waals surface area contributed by atoms with Crippen LogP contribution in [0.15, 0.2) is 48.5 Å². The van der Waals surface area contributed by atoms with Gasteiger partial charge in [-0.1, -0.05) is 31.2 Å². The van der Waals surface area contributed by atoms with Gasteiger partial charge < -0.3 is 15.0 Å². The predicted molar refractivity (Wildman–Crippen MR) is 96.5 cm³/mol. The molecule has 1 fully saturated rings. The summed E-state index contributed by atoms with van der Waals surface area (Å²) in [7, 11) is 1.66. The number of rotatable bonds is 4. The van der Waals surface area contributed by atoms with E-state index in [2.05, 4.69) is 24.4 Å². The molecule has 0 aromatic heterocycles. The van der Waals surface area contributed by atoms with Gasteiger partial charge in [0, 0.05) is 12.2 Å². The summed E-state index contributed by atoms with van der Waals surface area (Å²) in [4.78, 5) is 14.6. The van der Waals surface area contributed by atoms with Gasteiger partial charge in [-0.05, 0) is 54.7 Å². The van der Waals surface area contributed by atoms with Crippen LogP contribution in [0.5, 0.6) is 5.75 Å². The molecule has 0 spiro atoms. The zero-order chi connectivity index (χ0) is 16.9. The molecule has 4 heteroatoms. The van der Waals surface area contributed by atoms with Gasteiger partial charge in [-0.25, -0.2) is 4.79 Å². The summed E-state index contributed by atoms with van der Waals surface area (Å²) in [6.45, 7) is 2.91. The molecule has 0 radical (unpaired) electrons. The van der Waals surface area contributed by atoms with Crippen LogP contribution in [0.1, 0.15) is 36.9 Å². The van der Waals surface area contributed by atoms with E-state index in [1.807, 2.05) is 41.3 Å². The van der Waals surface area contributed by atoms with Crippen molar-refractivity contribution in [2.75, 3.05) is 19.0 Å². The summed E-state index contributed by atoms with van der Waals surface area (Å²) in [5, 5.41) is 3.02. The van der Waals surface area contributed by atoms with Crippen molar-refractivity contribution in [3.8, 4) is 5.75 Å². The van der Waals surface area contributed by atoms with Gasteiger partial charge in [-0.15, -0.1) is 0 Å². The number of urea groups is 1. The fraction of sp³-hybridized carbons (Fsp3) is 0.350. The Morgan fingerprint density at radius 3 is 2.50 bits per heavy atom. The monoisotopic (exact) mass is 324 g/mol. The number of hydrogen-bond donors (Lipinski definition) is 1. The molecule has 1 aliphatic rings. The summed E-state index contributed by atoms with van der Waals surface area (Å²) >= 11 is 0. The molecule has 2 aromatic carbocycles. The van der Waals surface area contributed by atoms with E-state index in [0.29, 0.717) is 0 Å². The van der Waals surface area contributed by atoms with E-state index in [0.717, 1.165) is 42.8 Å². The first-order chi connectivity index (χ1) is 11.7. The van der Waals surface area contributed by atoms with Gasteiger partial charge in [0.2, 0.25) is 0 Å². The summed E-state index contributed by atoms with van der Waals surface area (Å²) < 4.78 is 5.21. The maximum absolute atomic E-state index is 12.7. The molecule has 2 amide bonds. The molecule has 0 saturated carbocycles. The molecular weight excluding hydrogens is 300 g/mol. The molecule has 126 valence electrons. The third kappa shape index (κ3) is 3.53. The van der Waals surface area contributed by atoms with Crippen molar-refractivity contribution in [2.45, 2.75) is 32.2 Å². The second-order valence-corrected chi connectivity index (χ2v) is 6.11. The maximum Gasteiger partial charge on any atom is 0.322 e. The van der Waals surface area contributed by atoms with Crippen LogP contribution in [0.2, 0.25) is 0 Å². The molecule has 4 nitrogen and oxygen atoms in total. The SMILES string of the molecule is CCc1ccc(NC(=O)N2CCCC2c2ccc(OC)cc2)cc1. The highest BCUT2D eigenvalue weighted by atomic mass is 16.5. The van der Waals surface area contributed by atoms with Crippen LogP contribution in [0.3, 0.4) is 0 Å². The normalized spacial score (nSPS) is 16.9. The molecule has 1 N–H and O–H groups in total. The molecule has 0 aliphatic carbocycles. The standard InChI is InChI=1S/C20H24N2O2/c1-3-15-6-10-17(11-7-15)21-20(23)22-14-4-5-19(22)16-8-12-18(24-2)13-9-16/h6-13,19H,3-5,14H2,1-2H3,(H,21,23). The number of aryl methyl sites for hydroxylation is 1. The first-order valence-electron chi connectivity index (χ1n) is 8.51. The second-order valence-electron chi connectivity index (χ2n) is 6.11. The van der Waals surface area contributed by atoms with E-state index in [9.17, 15) is 4.79 Å². The molecular formula is C20H24N2O2. The van der Waals surface area contributed by atoms with Gasteiger partial charge in [0.1, 0.15) is 5.75 Å². The van der Waals surface area contributed by atoms with Crippen molar-refractivity contribution in [1.29, 1.82) is 0 Å². The van der Waals surface area contributed by atoms with Crippen LogP contribution in [-0.4, -0.2) is 24.6 Å².